The number of piperidine rings is 1. The van der Waals surface area contributed by atoms with Crippen LogP contribution in [0.3, 0.4) is 0 Å². The van der Waals surface area contributed by atoms with E-state index >= 15 is 0 Å². The highest BCUT2D eigenvalue weighted by Crippen LogP contribution is 2.39. The molecule has 0 radical (unpaired) electrons. The normalized spacial score (nSPS) is 20.6. The fraction of sp³-hybridized carbons (Fsp3) is 0.667. The summed E-state index contributed by atoms with van der Waals surface area (Å²) in [5.74, 6) is 0. The van der Waals surface area contributed by atoms with Crippen LogP contribution < -0.4 is 5.32 Å². The Morgan fingerprint density at radius 3 is 2.70 bits per heavy atom. The molecule has 2 fully saturated rings. The number of aromatic nitrogens is 1. The maximum absolute atomic E-state index is 12.7. The molecule has 5 nitrogen and oxygen atoms in total. The van der Waals surface area contributed by atoms with Crippen LogP contribution in [0, 0.1) is 26.2 Å². The molecule has 2 amide bonds. The second-order valence-corrected chi connectivity index (χ2v) is 7.11. The number of aryl methyl sites for hydroxylation is 3. The molecule has 1 N–H and O–H groups in total. The van der Waals surface area contributed by atoms with Gasteiger partial charge in [-0.1, -0.05) is 0 Å². The molecule has 0 bridgehead atoms. The first-order valence-electron chi connectivity index (χ1n) is 8.58. The molecule has 23 heavy (non-hydrogen) atoms. The summed E-state index contributed by atoms with van der Waals surface area (Å²) in [5, 5.41) is 3.09. The van der Waals surface area contributed by atoms with Crippen molar-refractivity contribution in [1.82, 2.24) is 9.88 Å². The molecule has 2 aliphatic heterocycles. The van der Waals surface area contributed by atoms with Crippen LogP contribution in [0.2, 0.25) is 0 Å². The van der Waals surface area contributed by atoms with E-state index in [9.17, 15) is 4.79 Å². The molecule has 2 saturated heterocycles. The number of likely N-dealkylation sites (tertiary alicyclic amines) is 1. The summed E-state index contributed by atoms with van der Waals surface area (Å²) in [6, 6.07) is 2.02. The number of urea groups is 1. The van der Waals surface area contributed by atoms with Gasteiger partial charge in [-0.25, -0.2) is 4.79 Å². The Labute approximate surface area is 138 Å². The molecule has 3 rings (SSSR count). The van der Waals surface area contributed by atoms with Gasteiger partial charge < -0.3 is 15.0 Å². The summed E-state index contributed by atoms with van der Waals surface area (Å²) in [5.41, 5.74) is 4.06. The second-order valence-electron chi connectivity index (χ2n) is 7.11. The Morgan fingerprint density at radius 2 is 2.00 bits per heavy atom. The predicted molar refractivity (Wildman–Crippen MR) is 90.8 cm³/mol. The monoisotopic (exact) mass is 317 g/mol. The van der Waals surface area contributed by atoms with Crippen LogP contribution >= 0.6 is 0 Å². The second kappa shape index (κ2) is 6.48. The van der Waals surface area contributed by atoms with Crippen molar-refractivity contribution >= 4 is 11.7 Å². The molecule has 0 atom stereocenters. The van der Waals surface area contributed by atoms with Crippen molar-refractivity contribution in [2.45, 2.75) is 46.5 Å². The first-order chi connectivity index (χ1) is 11.0. The molecule has 5 heteroatoms. The lowest BCUT2D eigenvalue weighted by molar-refractivity contribution is -0.0175. The number of ether oxygens (including phenoxy) is 1. The first kappa shape index (κ1) is 16.2. The number of carbonyl (C=O) groups excluding carboxylic acids is 1. The number of pyridine rings is 1. The molecule has 0 aromatic carbocycles. The van der Waals surface area contributed by atoms with Gasteiger partial charge in [0.15, 0.2) is 0 Å². The van der Waals surface area contributed by atoms with Crippen LogP contribution in [-0.4, -0.2) is 42.2 Å². The van der Waals surface area contributed by atoms with E-state index < -0.39 is 0 Å². The number of hydrogen-bond acceptors (Lipinski definition) is 3. The number of amides is 2. The standard InChI is InChI=1S/C18H27N3O2/c1-13-11-14(2)19-15(3)16(13)20-17(22)21-8-4-5-18(12-21)6-9-23-10-7-18/h11H,4-10,12H2,1-3H3,(H,20,22). The minimum atomic E-state index is 0.00687. The smallest absolute Gasteiger partial charge is 0.321 e. The lowest BCUT2D eigenvalue weighted by Gasteiger charge is -2.45. The highest BCUT2D eigenvalue weighted by Gasteiger charge is 2.38. The van der Waals surface area contributed by atoms with E-state index in [0.717, 1.165) is 68.2 Å². The first-order valence-corrected chi connectivity index (χ1v) is 8.58. The minimum absolute atomic E-state index is 0.00687. The van der Waals surface area contributed by atoms with Gasteiger partial charge in [-0.15, -0.1) is 0 Å². The van der Waals surface area contributed by atoms with Crippen molar-refractivity contribution in [1.29, 1.82) is 0 Å². The van der Waals surface area contributed by atoms with Gasteiger partial charge in [0.2, 0.25) is 0 Å². The third kappa shape index (κ3) is 3.50. The molecule has 126 valence electrons. The van der Waals surface area contributed by atoms with Crippen LogP contribution in [0.15, 0.2) is 6.07 Å². The van der Waals surface area contributed by atoms with E-state index in [-0.39, 0.29) is 11.4 Å². The van der Waals surface area contributed by atoms with Crippen LogP contribution in [0.5, 0.6) is 0 Å². The van der Waals surface area contributed by atoms with Gasteiger partial charge >= 0.3 is 6.03 Å². The highest BCUT2D eigenvalue weighted by molar-refractivity contribution is 5.90. The van der Waals surface area contributed by atoms with Gasteiger partial charge in [-0.05, 0) is 63.5 Å². The summed E-state index contributed by atoms with van der Waals surface area (Å²) < 4.78 is 5.50. The molecule has 2 aliphatic rings. The van der Waals surface area contributed by atoms with Gasteiger partial charge in [-0.2, -0.15) is 0 Å². The van der Waals surface area contributed by atoms with Crippen molar-refractivity contribution in [3.8, 4) is 0 Å². The zero-order valence-corrected chi connectivity index (χ0v) is 14.4. The molecule has 0 unspecified atom stereocenters. The zero-order chi connectivity index (χ0) is 16.4. The van der Waals surface area contributed by atoms with E-state index in [4.69, 9.17) is 4.74 Å². The average molecular weight is 317 g/mol. The number of nitrogens with zero attached hydrogens (tertiary/aromatic N) is 2. The van der Waals surface area contributed by atoms with Crippen LogP contribution in [-0.2, 0) is 4.74 Å². The Hall–Kier alpha value is -1.62. The van der Waals surface area contributed by atoms with Crippen molar-refractivity contribution < 1.29 is 9.53 Å². The average Bonchev–Trinajstić information content (AvgIpc) is 2.51. The molecule has 3 heterocycles. The molecule has 1 aromatic heterocycles. The van der Waals surface area contributed by atoms with Gasteiger partial charge in [0.1, 0.15) is 0 Å². The molecule has 1 spiro atoms. The van der Waals surface area contributed by atoms with Gasteiger partial charge in [0.25, 0.3) is 0 Å². The molecule has 0 aliphatic carbocycles. The van der Waals surface area contributed by atoms with Crippen molar-refractivity contribution in [2.75, 3.05) is 31.6 Å². The summed E-state index contributed by atoms with van der Waals surface area (Å²) in [6.07, 6.45) is 4.43. The number of hydrogen-bond donors (Lipinski definition) is 1. The number of carbonyl (C=O) groups is 1. The fourth-order valence-electron chi connectivity index (χ4n) is 3.99. The zero-order valence-electron chi connectivity index (χ0n) is 14.4. The van der Waals surface area contributed by atoms with E-state index in [0.29, 0.717) is 0 Å². The van der Waals surface area contributed by atoms with Crippen LogP contribution in [0.4, 0.5) is 10.5 Å². The topological polar surface area (TPSA) is 54.5 Å². The van der Waals surface area contributed by atoms with E-state index in [1.165, 1.54) is 6.42 Å². The summed E-state index contributed by atoms with van der Waals surface area (Å²) >= 11 is 0. The predicted octanol–water partition coefficient (Wildman–Crippen LogP) is 3.43. The van der Waals surface area contributed by atoms with Crippen LogP contribution in [0.25, 0.3) is 0 Å². The van der Waals surface area contributed by atoms with E-state index in [1.807, 2.05) is 31.7 Å². The van der Waals surface area contributed by atoms with Gasteiger partial charge in [0, 0.05) is 32.0 Å². The van der Waals surface area contributed by atoms with Crippen LogP contribution in [0.1, 0.15) is 42.6 Å². The summed E-state index contributed by atoms with van der Waals surface area (Å²) in [7, 11) is 0. The maximum atomic E-state index is 12.7. The van der Waals surface area contributed by atoms with Gasteiger partial charge in [0.05, 0.1) is 11.4 Å². The fourth-order valence-corrected chi connectivity index (χ4v) is 3.99. The van der Waals surface area contributed by atoms with E-state index in [2.05, 4.69) is 10.3 Å². The Morgan fingerprint density at radius 1 is 1.26 bits per heavy atom. The number of anilines is 1. The largest absolute Gasteiger partial charge is 0.381 e. The van der Waals surface area contributed by atoms with Gasteiger partial charge in [-0.3, -0.25) is 4.98 Å². The number of rotatable bonds is 1. The third-order valence-electron chi connectivity index (χ3n) is 5.26. The molecule has 0 saturated carbocycles. The lowest BCUT2D eigenvalue weighted by Crippen LogP contribution is -2.49. The summed E-state index contributed by atoms with van der Waals surface area (Å²) in [6.45, 7) is 9.29. The third-order valence-corrected chi connectivity index (χ3v) is 5.26. The van der Waals surface area contributed by atoms with Crippen molar-refractivity contribution in [2.24, 2.45) is 5.41 Å². The highest BCUT2D eigenvalue weighted by atomic mass is 16.5. The number of nitrogens with one attached hydrogen (secondary N) is 1. The molecular weight excluding hydrogens is 290 g/mol. The van der Waals surface area contributed by atoms with Crippen molar-refractivity contribution in [3.05, 3.63) is 23.0 Å². The van der Waals surface area contributed by atoms with Crippen molar-refractivity contribution in [3.63, 3.8) is 0 Å². The molecule has 1 aromatic rings. The van der Waals surface area contributed by atoms with E-state index in [1.54, 1.807) is 0 Å². The SMILES string of the molecule is Cc1cc(C)c(NC(=O)N2CCCC3(CCOCC3)C2)c(C)n1. The lowest BCUT2D eigenvalue weighted by atomic mass is 9.74. The molecular formula is C18H27N3O2. The quantitative estimate of drug-likeness (QED) is 0.863. The Kier molecular flexibility index (Phi) is 4.57. The Balaban J connectivity index is 1.71. The minimum Gasteiger partial charge on any atom is -0.381 e. The Bertz CT molecular complexity index is 565. The summed E-state index contributed by atoms with van der Waals surface area (Å²) in [4.78, 5) is 19.2. The maximum Gasteiger partial charge on any atom is 0.321 e.